The number of hydrogen-bond donors (Lipinski definition) is 2. The fourth-order valence-electron chi connectivity index (χ4n) is 7.04. The first-order valence-electron chi connectivity index (χ1n) is 12.6. The van der Waals surface area contributed by atoms with Crippen molar-refractivity contribution in [3.05, 3.63) is 72.3 Å². The Morgan fingerprint density at radius 2 is 2.08 bits per heavy atom. The van der Waals surface area contributed by atoms with Gasteiger partial charge in [0.15, 0.2) is 0 Å². The van der Waals surface area contributed by atoms with E-state index in [0.29, 0.717) is 18.7 Å². The van der Waals surface area contributed by atoms with E-state index in [1.54, 1.807) is 23.3 Å². The maximum absolute atomic E-state index is 14.0. The molecule has 4 aliphatic heterocycles. The Kier molecular flexibility index (Phi) is 4.61. The number of ether oxygens (including phenoxy) is 1. The summed E-state index contributed by atoms with van der Waals surface area (Å²) >= 11 is 0. The molecule has 0 radical (unpaired) electrons. The number of amides is 2. The van der Waals surface area contributed by atoms with Crippen LogP contribution < -0.4 is 5.32 Å². The summed E-state index contributed by atoms with van der Waals surface area (Å²) in [6.07, 6.45) is 7.75. The molecule has 1 aromatic carbocycles. The summed E-state index contributed by atoms with van der Waals surface area (Å²) < 4.78 is 12.0. The second-order valence-electron chi connectivity index (χ2n) is 10.4. The summed E-state index contributed by atoms with van der Waals surface area (Å²) in [4.78, 5) is 45.5. The number of ketones is 1. The van der Waals surface area contributed by atoms with Gasteiger partial charge in [0.05, 0.1) is 36.3 Å². The van der Waals surface area contributed by atoms with Crippen LogP contribution in [0, 0.1) is 17.8 Å². The number of hydrogen-bond acceptors (Lipinski definition) is 5. The molecule has 2 aromatic heterocycles. The molecule has 8 heteroatoms. The number of para-hydroxylation sites is 1. The molecule has 0 aliphatic carbocycles. The van der Waals surface area contributed by atoms with Crippen molar-refractivity contribution in [3.63, 3.8) is 0 Å². The van der Waals surface area contributed by atoms with E-state index < -0.39 is 41.5 Å². The molecule has 8 nitrogen and oxygen atoms in total. The molecular formula is C28H27N3O5. The summed E-state index contributed by atoms with van der Waals surface area (Å²) in [5.74, 6) is -1.33. The summed E-state index contributed by atoms with van der Waals surface area (Å²) in [7, 11) is 0. The average Bonchev–Trinajstić information content (AvgIpc) is 3.69. The molecule has 3 fully saturated rings. The maximum Gasteiger partial charge on any atom is 0.230 e. The van der Waals surface area contributed by atoms with E-state index in [9.17, 15) is 14.4 Å². The number of Topliss-reactive ketones (excluding diaryl/α,β-unsaturated/α-hetero) is 1. The second-order valence-corrected chi connectivity index (χ2v) is 10.4. The minimum Gasteiger partial charge on any atom is -0.467 e. The van der Waals surface area contributed by atoms with Crippen LogP contribution in [-0.2, 0) is 25.5 Å². The number of carbonyl (C=O) groups is 3. The Hall–Kier alpha value is -3.65. The predicted molar refractivity (Wildman–Crippen MR) is 130 cm³/mol. The average molecular weight is 486 g/mol. The predicted octanol–water partition coefficient (Wildman–Crippen LogP) is 2.92. The molecule has 184 valence electrons. The van der Waals surface area contributed by atoms with Crippen LogP contribution in [0.25, 0.3) is 10.9 Å². The first-order valence-corrected chi connectivity index (χ1v) is 12.6. The van der Waals surface area contributed by atoms with E-state index in [2.05, 4.69) is 16.4 Å². The lowest BCUT2D eigenvalue weighted by Crippen LogP contribution is -2.55. The third-order valence-corrected chi connectivity index (χ3v) is 8.62. The lowest BCUT2D eigenvalue weighted by atomic mass is 9.70. The Morgan fingerprint density at radius 1 is 1.22 bits per heavy atom. The summed E-state index contributed by atoms with van der Waals surface area (Å²) in [6.45, 7) is 2.32. The quantitative estimate of drug-likeness (QED) is 0.541. The smallest absolute Gasteiger partial charge is 0.230 e. The second kappa shape index (κ2) is 7.67. The molecule has 3 saturated heterocycles. The van der Waals surface area contributed by atoms with Crippen LogP contribution in [0.2, 0.25) is 0 Å². The first-order chi connectivity index (χ1) is 17.5. The third-order valence-electron chi connectivity index (χ3n) is 8.62. The van der Waals surface area contributed by atoms with Crippen molar-refractivity contribution >= 4 is 28.5 Å². The van der Waals surface area contributed by atoms with E-state index in [0.717, 1.165) is 16.5 Å². The molecule has 4 aliphatic rings. The number of carbonyl (C=O) groups excluding carboxylic acids is 3. The zero-order chi connectivity index (χ0) is 24.6. The summed E-state index contributed by atoms with van der Waals surface area (Å²) in [6, 6.07) is 10.7. The highest BCUT2D eigenvalue weighted by Crippen LogP contribution is 2.59. The van der Waals surface area contributed by atoms with Gasteiger partial charge in [-0.15, -0.1) is 0 Å². The van der Waals surface area contributed by atoms with Crippen molar-refractivity contribution < 1.29 is 23.5 Å². The Balaban J connectivity index is 1.15. The van der Waals surface area contributed by atoms with E-state index in [4.69, 9.17) is 9.15 Å². The number of nitrogens with zero attached hydrogens (tertiary/aromatic N) is 1. The highest BCUT2D eigenvalue weighted by molar-refractivity contribution is 5.96. The van der Waals surface area contributed by atoms with Gasteiger partial charge in [-0.1, -0.05) is 37.3 Å². The molecule has 7 atom stereocenters. The van der Waals surface area contributed by atoms with Crippen molar-refractivity contribution in [2.75, 3.05) is 6.54 Å². The molecule has 1 spiro atoms. The Labute approximate surface area is 207 Å². The van der Waals surface area contributed by atoms with Crippen LogP contribution in [0.1, 0.15) is 30.7 Å². The number of piperidine rings is 1. The van der Waals surface area contributed by atoms with Gasteiger partial charge in [0.1, 0.15) is 17.1 Å². The van der Waals surface area contributed by atoms with Crippen molar-refractivity contribution in [3.8, 4) is 0 Å². The van der Waals surface area contributed by atoms with Gasteiger partial charge in [0.25, 0.3) is 0 Å². The molecule has 7 rings (SSSR count). The van der Waals surface area contributed by atoms with E-state index in [-0.39, 0.29) is 24.0 Å². The molecule has 3 aromatic rings. The first kappa shape index (κ1) is 21.6. The summed E-state index contributed by atoms with van der Waals surface area (Å²) in [5, 5.41) is 4.20. The van der Waals surface area contributed by atoms with Gasteiger partial charge in [-0.2, -0.15) is 0 Å². The van der Waals surface area contributed by atoms with Gasteiger partial charge in [-0.05, 0) is 30.2 Å². The van der Waals surface area contributed by atoms with Crippen LogP contribution in [0.4, 0.5) is 0 Å². The van der Waals surface area contributed by atoms with Crippen molar-refractivity contribution in [2.24, 2.45) is 17.8 Å². The summed E-state index contributed by atoms with van der Waals surface area (Å²) in [5.41, 5.74) is 1.23. The zero-order valence-electron chi connectivity index (χ0n) is 19.8. The number of fused-ring (bicyclic) bond motifs is 3. The largest absolute Gasteiger partial charge is 0.467 e. The Morgan fingerprint density at radius 3 is 2.92 bits per heavy atom. The number of benzene rings is 1. The minimum atomic E-state index is -0.971. The highest BCUT2D eigenvalue weighted by atomic mass is 16.5. The molecule has 2 amide bonds. The number of H-pyrrole nitrogens is 1. The number of furan rings is 1. The normalized spacial score (nSPS) is 34.4. The van der Waals surface area contributed by atoms with Crippen LogP contribution in [0.5, 0.6) is 0 Å². The van der Waals surface area contributed by atoms with Gasteiger partial charge in [-0.3, -0.25) is 14.4 Å². The van der Waals surface area contributed by atoms with Crippen LogP contribution >= 0.6 is 0 Å². The number of aromatic amines is 1. The Bertz CT molecular complexity index is 1410. The van der Waals surface area contributed by atoms with Crippen LogP contribution in [-0.4, -0.2) is 51.8 Å². The zero-order valence-corrected chi connectivity index (χ0v) is 19.8. The molecular weight excluding hydrogens is 458 g/mol. The standard InChI is InChI=1S/C28H27N3O5/c1-15-20(32)13-19(21-7-4-12-35-21)31-25(15)28-10-8-22(36-28)23(24(28)27(31)34)26(33)29-11-9-16-14-30-18-6-3-2-5-17(16)18/h2-8,10,12,14-15,19,22-25,30H,9,11,13H2,1H3,(H,29,33)/t15-,19-,22-,23+,24-,25-,28-/m0/s1. The molecule has 6 heterocycles. The van der Waals surface area contributed by atoms with Gasteiger partial charge >= 0.3 is 0 Å². The fourth-order valence-corrected chi connectivity index (χ4v) is 7.04. The van der Waals surface area contributed by atoms with Crippen molar-refractivity contribution in [2.45, 2.75) is 43.6 Å². The molecule has 0 unspecified atom stereocenters. The molecule has 2 N–H and O–H groups in total. The fraction of sp³-hybridized carbons (Fsp3) is 0.393. The van der Waals surface area contributed by atoms with Gasteiger partial charge in [-0.25, -0.2) is 0 Å². The van der Waals surface area contributed by atoms with E-state index in [1.807, 2.05) is 43.5 Å². The van der Waals surface area contributed by atoms with E-state index >= 15 is 0 Å². The monoisotopic (exact) mass is 485 g/mol. The molecule has 2 bridgehead atoms. The number of aromatic nitrogens is 1. The van der Waals surface area contributed by atoms with Crippen molar-refractivity contribution in [1.29, 1.82) is 0 Å². The van der Waals surface area contributed by atoms with Gasteiger partial charge in [0, 0.05) is 36.0 Å². The topological polar surface area (TPSA) is 105 Å². The molecule has 36 heavy (non-hydrogen) atoms. The van der Waals surface area contributed by atoms with Crippen molar-refractivity contribution in [1.82, 2.24) is 15.2 Å². The molecule has 0 saturated carbocycles. The third kappa shape index (κ3) is 2.82. The highest BCUT2D eigenvalue weighted by Gasteiger charge is 2.74. The number of rotatable bonds is 5. The SMILES string of the molecule is C[C@H]1C(=O)C[C@@H](c2ccco2)N2C(=O)[C@@H]3[C@H](C(=O)NCCc4c[nH]c5ccccc45)[C@@H]4C=C[C@@]3(O4)[C@H]12. The van der Waals surface area contributed by atoms with Gasteiger partial charge in [0.2, 0.25) is 11.8 Å². The maximum atomic E-state index is 14.0. The van der Waals surface area contributed by atoms with Crippen LogP contribution in [0.15, 0.2) is 65.4 Å². The van der Waals surface area contributed by atoms with Gasteiger partial charge < -0.3 is 24.4 Å². The lowest BCUT2D eigenvalue weighted by Gasteiger charge is -2.43. The minimum absolute atomic E-state index is 0.0764. The number of nitrogens with one attached hydrogen (secondary N) is 2. The van der Waals surface area contributed by atoms with Crippen LogP contribution in [0.3, 0.4) is 0 Å². The lowest BCUT2D eigenvalue weighted by molar-refractivity contribution is -0.148. The van der Waals surface area contributed by atoms with E-state index in [1.165, 1.54) is 0 Å².